The van der Waals surface area contributed by atoms with Crippen molar-refractivity contribution >= 4 is 0 Å². The van der Waals surface area contributed by atoms with Crippen LogP contribution in [0.25, 0.3) is 0 Å². The molecule has 3 atom stereocenters. The van der Waals surface area contributed by atoms with Crippen LogP contribution < -0.4 is 0 Å². The number of nitrogens with zero attached hydrogens (tertiary/aromatic N) is 2. The van der Waals surface area contributed by atoms with Crippen molar-refractivity contribution in [3.05, 3.63) is 35.9 Å². The monoisotopic (exact) mass is 290 g/mol. The van der Waals surface area contributed by atoms with E-state index < -0.39 is 0 Å². The van der Waals surface area contributed by atoms with E-state index in [1.165, 1.54) is 12.0 Å². The third-order valence-electron chi connectivity index (χ3n) is 4.74. The fourth-order valence-corrected chi connectivity index (χ4v) is 3.80. The second-order valence-electron chi connectivity index (χ2n) is 6.30. The molecule has 1 heterocycles. The molecule has 118 valence electrons. The summed E-state index contributed by atoms with van der Waals surface area (Å²) in [4.78, 5) is 4.98. The third-order valence-corrected chi connectivity index (χ3v) is 4.74. The van der Waals surface area contributed by atoms with Crippen LogP contribution in [-0.2, 0) is 4.74 Å². The SMILES string of the molecule is CC[C@H]([C@@H](C)[C@@H](c1ccccc1)N(C)C)N1CCOCC1. The molecule has 1 aliphatic rings. The van der Waals surface area contributed by atoms with Crippen LogP contribution in [0.15, 0.2) is 30.3 Å². The first-order valence-electron chi connectivity index (χ1n) is 8.18. The van der Waals surface area contributed by atoms with E-state index in [2.05, 4.69) is 68.1 Å². The molecule has 2 rings (SSSR count). The van der Waals surface area contributed by atoms with Crippen molar-refractivity contribution in [3.63, 3.8) is 0 Å². The summed E-state index contributed by atoms with van der Waals surface area (Å²) in [7, 11) is 4.39. The Morgan fingerprint density at radius 3 is 2.29 bits per heavy atom. The van der Waals surface area contributed by atoms with E-state index in [0.717, 1.165) is 26.3 Å². The number of morpholine rings is 1. The van der Waals surface area contributed by atoms with E-state index in [-0.39, 0.29) is 0 Å². The first-order chi connectivity index (χ1) is 10.1. The lowest BCUT2D eigenvalue weighted by Crippen LogP contribution is -2.48. The van der Waals surface area contributed by atoms with Crippen molar-refractivity contribution in [3.8, 4) is 0 Å². The van der Waals surface area contributed by atoms with Crippen LogP contribution in [0.3, 0.4) is 0 Å². The summed E-state index contributed by atoms with van der Waals surface area (Å²) in [5, 5.41) is 0. The highest BCUT2D eigenvalue weighted by molar-refractivity contribution is 5.20. The molecule has 0 saturated carbocycles. The summed E-state index contributed by atoms with van der Waals surface area (Å²) < 4.78 is 5.51. The van der Waals surface area contributed by atoms with Gasteiger partial charge < -0.3 is 9.64 Å². The van der Waals surface area contributed by atoms with Gasteiger partial charge >= 0.3 is 0 Å². The van der Waals surface area contributed by atoms with E-state index in [0.29, 0.717) is 18.0 Å². The van der Waals surface area contributed by atoms with Gasteiger partial charge in [-0.05, 0) is 32.0 Å². The molecule has 1 saturated heterocycles. The second kappa shape index (κ2) is 7.92. The molecule has 0 spiro atoms. The molecule has 1 aromatic rings. The van der Waals surface area contributed by atoms with Gasteiger partial charge in [-0.2, -0.15) is 0 Å². The van der Waals surface area contributed by atoms with Crippen LogP contribution in [0.2, 0.25) is 0 Å². The summed E-state index contributed by atoms with van der Waals surface area (Å²) in [5.74, 6) is 0.588. The number of rotatable bonds is 6. The zero-order chi connectivity index (χ0) is 15.2. The Balaban J connectivity index is 2.17. The van der Waals surface area contributed by atoms with Crippen LogP contribution in [0.4, 0.5) is 0 Å². The van der Waals surface area contributed by atoms with Crippen molar-refractivity contribution < 1.29 is 4.74 Å². The fraction of sp³-hybridized carbons (Fsp3) is 0.667. The highest BCUT2D eigenvalue weighted by Gasteiger charge is 2.31. The predicted molar refractivity (Wildman–Crippen MR) is 88.5 cm³/mol. The quantitative estimate of drug-likeness (QED) is 0.801. The van der Waals surface area contributed by atoms with E-state index in [1.807, 2.05) is 0 Å². The van der Waals surface area contributed by atoms with Crippen LogP contribution in [-0.4, -0.2) is 56.2 Å². The lowest BCUT2D eigenvalue weighted by atomic mass is 9.85. The van der Waals surface area contributed by atoms with Crippen LogP contribution in [0.5, 0.6) is 0 Å². The van der Waals surface area contributed by atoms with E-state index in [4.69, 9.17) is 4.74 Å². The Kier molecular flexibility index (Phi) is 6.22. The van der Waals surface area contributed by atoms with Gasteiger partial charge in [-0.1, -0.05) is 44.2 Å². The molecule has 1 aliphatic heterocycles. The zero-order valence-electron chi connectivity index (χ0n) is 14.0. The summed E-state index contributed by atoms with van der Waals surface area (Å²) in [6, 6.07) is 12.0. The zero-order valence-corrected chi connectivity index (χ0v) is 14.0. The highest BCUT2D eigenvalue weighted by Crippen LogP contribution is 2.32. The molecule has 0 amide bonds. The van der Waals surface area contributed by atoms with Gasteiger partial charge in [0.2, 0.25) is 0 Å². The van der Waals surface area contributed by atoms with E-state index in [9.17, 15) is 0 Å². The molecule has 0 aromatic heterocycles. The number of hydrogen-bond acceptors (Lipinski definition) is 3. The van der Waals surface area contributed by atoms with Crippen molar-refractivity contribution in [2.75, 3.05) is 40.4 Å². The Morgan fingerprint density at radius 2 is 1.76 bits per heavy atom. The molecule has 0 radical (unpaired) electrons. The Labute approximate surface area is 129 Å². The summed E-state index contributed by atoms with van der Waals surface area (Å²) in [6.45, 7) is 8.60. The van der Waals surface area contributed by atoms with Crippen LogP contribution in [0, 0.1) is 5.92 Å². The van der Waals surface area contributed by atoms with E-state index in [1.54, 1.807) is 0 Å². The molecule has 21 heavy (non-hydrogen) atoms. The van der Waals surface area contributed by atoms with E-state index >= 15 is 0 Å². The van der Waals surface area contributed by atoms with Crippen molar-refractivity contribution in [1.29, 1.82) is 0 Å². The standard InChI is InChI=1S/C18H30N2O/c1-5-17(20-11-13-21-14-12-20)15(2)18(19(3)4)16-9-7-6-8-10-16/h6-10,15,17-18H,5,11-14H2,1-4H3/t15-,17-,18+/m1/s1. The minimum Gasteiger partial charge on any atom is -0.379 e. The maximum atomic E-state index is 5.51. The molecule has 0 unspecified atom stereocenters. The summed E-state index contributed by atoms with van der Waals surface area (Å²) in [6.07, 6.45) is 1.19. The van der Waals surface area contributed by atoms with Gasteiger partial charge in [0, 0.05) is 25.2 Å². The van der Waals surface area contributed by atoms with Gasteiger partial charge in [0.05, 0.1) is 13.2 Å². The van der Waals surface area contributed by atoms with Gasteiger partial charge in [0.1, 0.15) is 0 Å². The third kappa shape index (κ3) is 4.06. The average molecular weight is 290 g/mol. The first-order valence-corrected chi connectivity index (χ1v) is 8.18. The Morgan fingerprint density at radius 1 is 1.14 bits per heavy atom. The van der Waals surface area contributed by atoms with Gasteiger partial charge in [0.25, 0.3) is 0 Å². The number of benzene rings is 1. The van der Waals surface area contributed by atoms with Gasteiger partial charge in [-0.3, -0.25) is 4.90 Å². The topological polar surface area (TPSA) is 15.7 Å². The number of ether oxygens (including phenoxy) is 1. The minimum absolute atomic E-state index is 0.457. The van der Waals surface area contributed by atoms with Crippen LogP contribution in [0.1, 0.15) is 31.9 Å². The average Bonchev–Trinajstić information content (AvgIpc) is 2.50. The molecule has 3 nitrogen and oxygen atoms in total. The summed E-state index contributed by atoms with van der Waals surface area (Å²) in [5.41, 5.74) is 1.42. The largest absolute Gasteiger partial charge is 0.379 e. The van der Waals surface area contributed by atoms with Gasteiger partial charge in [-0.25, -0.2) is 0 Å². The van der Waals surface area contributed by atoms with Crippen molar-refractivity contribution in [1.82, 2.24) is 9.80 Å². The molecule has 0 N–H and O–H groups in total. The van der Waals surface area contributed by atoms with Gasteiger partial charge in [-0.15, -0.1) is 0 Å². The molecular weight excluding hydrogens is 260 g/mol. The first kappa shape index (κ1) is 16.5. The second-order valence-corrected chi connectivity index (χ2v) is 6.30. The molecule has 3 heteroatoms. The maximum absolute atomic E-state index is 5.51. The highest BCUT2D eigenvalue weighted by atomic mass is 16.5. The Bertz CT molecular complexity index is 401. The minimum atomic E-state index is 0.457. The molecule has 0 aliphatic carbocycles. The van der Waals surface area contributed by atoms with Crippen molar-refractivity contribution in [2.45, 2.75) is 32.4 Å². The molecule has 0 bridgehead atoms. The Hall–Kier alpha value is -0.900. The molecule has 1 fully saturated rings. The lowest BCUT2D eigenvalue weighted by Gasteiger charge is -2.42. The van der Waals surface area contributed by atoms with Gasteiger partial charge in [0.15, 0.2) is 0 Å². The lowest BCUT2D eigenvalue weighted by molar-refractivity contribution is -0.00740. The smallest absolute Gasteiger partial charge is 0.0594 e. The molecule has 1 aromatic carbocycles. The predicted octanol–water partition coefficient (Wildman–Crippen LogP) is 3.04. The van der Waals surface area contributed by atoms with Crippen LogP contribution >= 0.6 is 0 Å². The number of hydrogen-bond donors (Lipinski definition) is 0. The normalized spacial score (nSPS) is 21.2. The molecular formula is C18H30N2O. The van der Waals surface area contributed by atoms with Crippen molar-refractivity contribution in [2.24, 2.45) is 5.92 Å². The fourth-order valence-electron chi connectivity index (χ4n) is 3.80. The maximum Gasteiger partial charge on any atom is 0.0594 e. The summed E-state index contributed by atoms with van der Waals surface area (Å²) >= 11 is 0.